The van der Waals surface area contributed by atoms with Crippen LogP contribution in [0.2, 0.25) is 0 Å². The van der Waals surface area contributed by atoms with E-state index in [1.54, 1.807) is 0 Å². The molecular weight excluding hydrogens is 328 g/mol. The van der Waals surface area contributed by atoms with Crippen LogP contribution in [0.1, 0.15) is 93.9 Å². The molecule has 0 bridgehead atoms. The lowest BCUT2D eigenvalue weighted by Gasteiger charge is -2.49. The van der Waals surface area contributed by atoms with Crippen molar-refractivity contribution in [3.63, 3.8) is 0 Å². The van der Waals surface area contributed by atoms with Gasteiger partial charge in [-0.15, -0.1) is 0 Å². The highest BCUT2D eigenvalue weighted by Gasteiger charge is 2.52. The van der Waals surface area contributed by atoms with Gasteiger partial charge >= 0.3 is 0 Å². The van der Waals surface area contributed by atoms with Gasteiger partial charge in [0.1, 0.15) is 0 Å². The second-order valence-electron chi connectivity index (χ2n) is 11.3. The van der Waals surface area contributed by atoms with Gasteiger partial charge in [0, 0.05) is 11.8 Å². The van der Waals surface area contributed by atoms with Crippen molar-refractivity contribution in [3.05, 3.63) is 0 Å². The fourth-order valence-electron chi connectivity index (χ4n) is 6.19. The Hall–Kier alpha value is -0.310. The molecule has 2 aliphatic carbocycles. The molecular formula is C22H38O2S. The molecule has 0 radical (unpaired) electrons. The number of thioether (sulfide) groups is 1. The zero-order chi connectivity index (χ0) is 19.3. The molecule has 0 aromatic heterocycles. The van der Waals surface area contributed by atoms with Crippen molar-refractivity contribution < 1.29 is 9.59 Å². The topological polar surface area (TPSA) is 34.1 Å². The molecule has 0 atom stereocenters. The van der Waals surface area contributed by atoms with Gasteiger partial charge in [0.2, 0.25) is 10.2 Å². The Balaban J connectivity index is 2.22. The van der Waals surface area contributed by atoms with Gasteiger partial charge in [-0.05, 0) is 59.1 Å². The van der Waals surface area contributed by atoms with Crippen LogP contribution in [-0.4, -0.2) is 10.2 Å². The summed E-state index contributed by atoms with van der Waals surface area (Å²) in [5.41, 5.74) is -0.0964. The summed E-state index contributed by atoms with van der Waals surface area (Å²) in [5.74, 6) is -0.0879. The van der Waals surface area contributed by atoms with Crippen molar-refractivity contribution in [1.29, 1.82) is 0 Å². The molecule has 0 aliphatic heterocycles. The van der Waals surface area contributed by atoms with Gasteiger partial charge in [0.25, 0.3) is 0 Å². The largest absolute Gasteiger partial charge is 0.286 e. The van der Waals surface area contributed by atoms with E-state index in [-0.39, 0.29) is 43.7 Å². The number of carbonyl (C=O) groups is 2. The molecule has 0 heterocycles. The SMILES string of the molecule is CC1(C)CCCC(C)(C)C1C(=O)SC(=O)C1C(C)(C)CCCC1(C)C. The molecule has 0 aromatic carbocycles. The van der Waals surface area contributed by atoms with Crippen molar-refractivity contribution in [3.8, 4) is 0 Å². The molecule has 0 saturated heterocycles. The van der Waals surface area contributed by atoms with Gasteiger partial charge in [-0.2, -0.15) is 0 Å². The lowest BCUT2D eigenvalue weighted by Crippen LogP contribution is -2.47. The van der Waals surface area contributed by atoms with E-state index in [2.05, 4.69) is 55.4 Å². The Bertz CT molecular complexity index is 462. The average molecular weight is 367 g/mol. The first-order valence-corrected chi connectivity index (χ1v) is 10.8. The molecule has 2 rings (SSSR count). The Morgan fingerprint density at radius 1 is 0.600 bits per heavy atom. The van der Waals surface area contributed by atoms with Crippen LogP contribution in [0.5, 0.6) is 0 Å². The van der Waals surface area contributed by atoms with Crippen LogP contribution in [0.15, 0.2) is 0 Å². The highest BCUT2D eigenvalue weighted by Crippen LogP contribution is 2.55. The zero-order valence-electron chi connectivity index (χ0n) is 17.6. The van der Waals surface area contributed by atoms with Crippen molar-refractivity contribution in [2.45, 2.75) is 93.9 Å². The van der Waals surface area contributed by atoms with Crippen molar-refractivity contribution >= 4 is 22.0 Å². The fourth-order valence-corrected chi connectivity index (χ4v) is 7.90. The maximum atomic E-state index is 13.2. The number of carbonyl (C=O) groups excluding carboxylic acids is 2. The van der Waals surface area contributed by atoms with Gasteiger partial charge < -0.3 is 0 Å². The summed E-state index contributed by atoms with van der Waals surface area (Å²) in [7, 11) is 0. The lowest BCUT2D eigenvalue weighted by molar-refractivity contribution is -0.128. The third-order valence-corrected chi connectivity index (χ3v) is 7.96. The standard InChI is InChI=1S/C22H38O2S/c1-19(2)11-9-12-20(3,4)15(19)17(23)25-18(24)16-21(5,6)13-10-14-22(16,7)8/h15-16H,9-14H2,1-8H3. The zero-order valence-corrected chi connectivity index (χ0v) is 18.4. The van der Waals surface area contributed by atoms with E-state index in [1.807, 2.05) is 0 Å². The van der Waals surface area contributed by atoms with Gasteiger partial charge in [-0.1, -0.05) is 68.2 Å². The first-order chi connectivity index (χ1) is 11.2. The maximum Gasteiger partial charge on any atom is 0.200 e. The summed E-state index contributed by atoms with van der Waals surface area (Å²) >= 11 is 1.04. The smallest absolute Gasteiger partial charge is 0.200 e. The minimum absolute atomic E-state index is 0.0241. The van der Waals surface area contributed by atoms with Crippen LogP contribution >= 0.6 is 11.8 Å². The van der Waals surface area contributed by atoms with Gasteiger partial charge in [0.15, 0.2) is 0 Å². The second-order valence-corrected chi connectivity index (χ2v) is 12.3. The lowest BCUT2D eigenvalue weighted by atomic mass is 9.57. The minimum Gasteiger partial charge on any atom is -0.286 e. The molecule has 144 valence electrons. The Labute approximate surface area is 159 Å². The molecule has 0 unspecified atom stereocenters. The van der Waals surface area contributed by atoms with E-state index in [0.717, 1.165) is 37.4 Å². The van der Waals surface area contributed by atoms with E-state index >= 15 is 0 Å². The predicted octanol–water partition coefficient (Wildman–Crippen LogP) is 6.48. The maximum absolute atomic E-state index is 13.2. The molecule has 25 heavy (non-hydrogen) atoms. The van der Waals surface area contributed by atoms with Gasteiger partial charge in [-0.25, -0.2) is 0 Å². The van der Waals surface area contributed by atoms with Crippen molar-refractivity contribution in [2.75, 3.05) is 0 Å². The number of rotatable bonds is 2. The summed E-state index contributed by atoms with van der Waals surface area (Å²) in [5, 5.41) is 0.216. The molecule has 2 nitrogen and oxygen atoms in total. The van der Waals surface area contributed by atoms with Gasteiger partial charge in [-0.3, -0.25) is 9.59 Å². The van der Waals surface area contributed by atoms with E-state index in [1.165, 1.54) is 12.8 Å². The predicted molar refractivity (Wildman–Crippen MR) is 107 cm³/mol. The van der Waals surface area contributed by atoms with E-state index in [9.17, 15) is 9.59 Å². The molecule has 0 N–H and O–H groups in total. The van der Waals surface area contributed by atoms with E-state index in [4.69, 9.17) is 0 Å². The fraction of sp³-hybridized carbons (Fsp3) is 0.909. The minimum atomic E-state index is -0.0440. The normalized spacial score (nSPS) is 28.5. The first kappa shape index (κ1) is 21.0. The van der Waals surface area contributed by atoms with Crippen LogP contribution in [0.4, 0.5) is 0 Å². The van der Waals surface area contributed by atoms with Crippen molar-refractivity contribution in [1.82, 2.24) is 0 Å². The Morgan fingerprint density at radius 3 is 1.08 bits per heavy atom. The quantitative estimate of drug-likeness (QED) is 0.561. The highest BCUT2D eigenvalue weighted by atomic mass is 32.2. The highest BCUT2D eigenvalue weighted by molar-refractivity contribution is 8.26. The summed E-state index contributed by atoms with van der Waals surface area (Å²) < 4.78 is 0. The van der Waals surface area contributed by atoms with Crippen LogP contribution in [0.3, 0.4) is 0 Å². The average Bonchev–Trinajstić information content (AvgIpc) is 2.32. The molecule has 2 saturated carbocycles. The Morgan fingerprint density at radius 2 is 0.840 bits per heavy atom. The van der Waals surface area contributed by atoms with Gasteiger partial charge in [0.05, 0.1) is 0 Å². The molecule has 0 spiro atoms. The molecule has 3 heteroatoms. The van der Waals surface area contributed by atoms with E-state index in [0.29, 0.717) is 0 Å². The summed E-state index contributed by atoms with van der Waals surface area (Å²) in [6, 6.07) is 0. The number of hydrogen-bond donors (Lipinski definition) is 0. The third-order valence-electron chi connectivity index (χ3n) is 7.08. The van der Waals surface area contributed by atoms with Crippen LogP contribution in [0, 0.1) is 33.5 Å². The second kappa shape index (κ2) is 6.69. The van der Waals surface area contributed by atoms with Crippen LogP contribution in [0.25, 0.3) is 0 Å². The molecule has 0 aromatic rings. The van der Waals surface area contributed by atoms with Crippen molar-refractivity contribution in [2.24, 2.45) is 33.5 Å². The number of hydrogen-bond acceptors (Lipinski definition) is 3. The monoisotopic (exact) mass is 366 g/mol. The van der Waals surface area contributed by atoms with E-state index < -0.39 is 0 Å². The Kier molecular flexibility index (Phi) is 5.62. The molecule has 2 aliphatic rings. The summed E-state index contributed by atoms with van der Waals surface area (Å²) in [6.45, 7) is 17.6. The molecule has 0 amide bonds. The molecule has 2 fully saturated rings. The summed E-state index contributed by atoms with van der Waals surface area (Å²) in [4.78, 5) is 26.5. The first-order valence-electron chi connectivity index (χ1n) is 9.96. The third kappa shape index (κ3) is 4.17. The van der Waals surface area contributed by atoms with Crippen LogP contribution in [-0.2, 0) is 9.59 Å². The van der Waals surface area contributed by atoms with Crippen LogP contribution < -0.4 is 0 Å². The summed E-state index contributed by atoms with van der Waals surface area (Å²) in [6.07, 6.45) is 6.63.